The Bertz CT molecular complexity index is 799. The fraction of sp³-hybridized carbons (Fsp3) is 0.263. The van der Waals surface area contributed by atoms with Crippen LogP contribution in [0.3, 0.4) is 0 Å². The zero-order chi connectivity index (χ0) is 18.5. The third-order valence-corrected chi connectivity index (χ3v) is 4.15. The molecule has 0 aromatic heterocycles. The lowest BCUT2D eigenvalue weighted by molar-refractivity contribution is 0.0755. The Balaban J connectivity index is 1.62. The van der Waals surface area contributed by atoms with E-state index >= 15 is 0 Å². The molecule has 0 spiro atoms. The molecule has 5 nitrogen and oxygen atoms in total. The van der Waals surface area contributed by atoms with Crippen LogP contribution in [0, 0.1) is 11.6 Å². The highest BCUT2D eigenvalue weighted by molar-refractivity contribution is 5.94. The maximum atomic E-state index is 13.8. The van der Waals surface area contributed by atoms with E-state index in [-0.39, 0.29) is 18.7 Å². The summed E-state index contributed by atoms with van der Waals surface area (Å²) in [5.41, 5.74) is -0.174. The summed E-state index contributed by atoms with van der Waals surface area (Å²) in [5.74, 6) is -1.69. The molecule has 1 aliphatic rings. The summed E-state index contributed by atoms with van der Waals surface area (Å²) in [6.07, 6.45) is 0.0526. The van der Waals surface area contributed by atoms with E-state index in [9.17, 15) is 18.4 Å². The van der Waals surface area contributed by atoms with Crippen LogP contribution in [0.1, 0.15) is 16.8 Å². The van der Waals surface area contributed by atoms with Crippen molar-refractivity contribution in [1.82, 2.24) is 9.80 Å². The minimum Gasteiger partial charge on any atom is -0.410 e. The van der Waals surface area contributed by atoms with Crippen LogP contribution in [0.5, 0.6) is 5.75 Å². The molecule has 0 aliphatic carbocycles. The van der Waals surface area contributed by atoms with Gasteiger partial charge >= 0.3 is 6.09 Å². The lowest BCUT2D eigenvalue weighted by atomic mass is 10.1. The molecule has 2 amide bonds. The molecular formula is C19H18F2N2O3. The standard InChI is InChI=1S/C19H18F2N2O3/c20-14-7-8-16(17(21)13-14)18(24)22-9-4-10-23(12-11-22)19(25)26-15-5-2-1-3-6-15/h1-3,5-8,13H,4,9-12H2. The fourth-order valence-electron chi connectivity index (χ4n) is 2.79. The van der Waals surface area contributed by atoms with Crippen molar-refractivity contribution < 1.29 is 23.1 Å². The van der Waals surface area contributed by atoms with Gasteiger partial charge in [0.25, 0.3) is 5.91 Å². The van der Waals surface area contributed by atoms with Crippen molar-refractivity contribution in [3.8, 4) is 5.75 Å². The number of para-hydroxylation sites is 1. The maximum absolute atomic E-state index is 13.8. The van der Waals surface area contributed by atoms with Gasteiger partial charge in [0, 0.05) is 32.2 Å². The monoisotopic (exact) mass is 360 g/mol. The molecule has 0 saturated carbocycles. The molecule has 3 rings (SSSR count). The third kappa shape index (κ3) is 4.17. The average molecular weight is 360 g/mol. The average Bonchev–Trinajstić information content (AvgIpc) is 2.88. The molecule has 1 heterocycles. The quantitative estimate of drug-likeness (QED) is 0.826. The van der Waals surface area contributed by atoms with E-state index in [0.717, 1.165) is 12.1 Å². The van der Waals surface area contributed by atoms with E-state index in [0.29, 0.717) is 31.3 Å². The number of halogens is 2. The highest BCUT2D eigenvalue weighted by Crippen LogP contribution is 2.15. The van der Waals surface area contributed by atoms with Gasteiger partial charge in [0.1, 0.15) is 17.4 Å². The van der Waals surface area contributed by atoms with Gasteiger partial charge in [-0.15, -0.1) is 0 Å². The van der Waals surface area contributed by atoms with Crippen molar-refractivity contribution in [1.29, 1.82) is 0 Å². The number of rotatable bonds is 2. The predicted octanol–water partition coefficient (Wildman–Crippen LogP) is 3.31. The van der Waals surface area contributed by atoms with Crippen molar-refractivity contribution in [3.05, 3.63) is 65.7 Å². The minimum atomic E-state index is -0.889. The van der Waals surface area contributed by atoms with Gasteiger partial charge in [-0.3, -0.25) is 4.79 Å². The normalized spacial score (nSPS) is 14.7. The molecule has 1 aliphatic heterocycles. The van der Waals surface area contributed by atoms with Crippen molar-refractivity contribution in [3.63, 3.8) is 0 Å². The topological polar surface area (TPSA) is 49.9 Å². The molecule has 0 radical (unpaired) electrons. The molecule has 0 atom stereocenters. The molecule has 0 bridgehead atoms. The summed E-state index contributed by atoms with van der Waals surface area (Å²) in [4.78, 5) is 27.7. The minimum absolute atomic E-state index is 0.174. The van der Waals surface area contributed by atoms with Crippen LogP contribution in [-0.2, 0) is 0 Å². The Labute approximate surface area is 149 Å². The Morgan fingerprint density at radius 3 is 2.31 bits per heavy atom. The smallest absolute Gasteiger partial charge is 0.410 e. The lowest BCUT2D eigenvalue weighted by Crippen LogP contribution is -2.38. The van der Waals surface area contributed by atoms with Crippen molar-refractivity contribution >= 4 is 12.0 Å². The molecule has 26 heavy (non-hydrogen) atoms. The summed E-state index contributed by atoms with van der Waals surface area (Å²) >= 11 is 0. The highest BCUT2D eigenvalue weighted by Gasteiger charge is 2.25. The molecule has 1 saturated heterocycles. The van der Waals surface area contributed by atoms with Gasteiger partial charge in [0.2, 0.25) is 0 Å². The first-order valence-corrected chi connectivity index (χ1v) is 8.31. The van der Waals surface area contributed by atoms with Gasteiger partial charge in [0.05, 0.1) is 5.56 Å². The van der Waals surface area contributed by atoms with Crippen molar-refractivity contribution in [2.75, 3.05) is 26.2 Å². The number of carbonyl (C=O) groups excluding carboxylic acids is 2. The van der Waals surface area contributed by atoms with E-state index in [1.54, 1.807) is 24.3 Å². The number of amides is 2. The van der Waals surface area contributed by atoms with Gasteiger partial charge in [0.15, 0.2) is 0 Å². The van der Waals surface area contributed by atoms with Crippen molar-refractivity contribution in [2.24, 2.45) is 0 Å². The number of carbonyl (C=O) groups is 2. The molecule has 7 heteroatoms. The van der Waals surface area contributed by atoms with Gasteiger partial charge in [-0.05, 0) is 30.7 Å². The molecule has 1 fully saturated rings. The first-order chi connectivity index (χ1) is 12.5. The summed E-state index contributed by atoms with van der Waals surface area (Å²) in [5, 5.41) is 0. The first-order valence-electron chi connectivity index (χ1n) is 8.31. The van der Waals surface area contributed by atoms with E-state index < -0.39 is 23.6 Å². The second-order valence-corrected chi connectivity index (χ2v) is 5.94. The fourth-order valence-corrected chi connectivity index (χ4v) is 2.79. The summed E-state index contributed by atoms with van der Waals surface area (Å²) < 4.78 is 32.2. The molecule has 136 valence electrons. The predicted molar refractivity (Wildman–Crippen MR) is 90.9 cm³/mol. The SMILES string of the molecule is O=C(Oc1ccccc1)N1CCCN(C(=O)c2ccc(F)cc2F)CC1. The van der Waals surface area contributed by atoms with E-state index in [4.69, 9.17) is 4.74 Å². The number of nitrogens with zero attached hydrogens (tertiary/aromatic N) is 2. The zero-order valence-corrected chi connectivity index (χ0v) is 14.0. The zero-order valence-electron chi connectivity index (χ0n) is 14.0. The Hall–Kier alpha value is -2.96. The summed E-state index contributed by atoms with van der Waals surface area (Å²) in [6.45, 7) is 1.34. The number of ether oxygens (including phenoxy) is 1. The third-order valence-electron chi connectivity index (χ3n) is 4.15. The van der Waals surface area contributed by atoms with Gasteiger partial charge in [-0.2, -0.15) is 0 Å². The van der Waals surface area contributed by atoms with Crippen LogP contribution < -0.4 is 4.74 Å². The largest absolute Gasteiger partial charge is 0.415 e. The van der Waals surface area contributed by atoms with Crippen LogP contribution in [0.2, 0.25) is 0 Å². The summed E-state index contributed by atoms with van der Waals surface area (Å²) in [7, 11) is 0. The van der Waals surface area contributed by atoms with E-state index in [1.807, 2.05) is 6.07 Å². The van der Waals surface area contributed by atoms with Gasteiger partial charge in [-0.1, -0.05) is 18.2 Å². The molecule has 2 aromatic carbocycles. The van der Waals surface area contributed by atoms with Crippen LogP contribution in [0.15, 0.2) is 48.5 Å². The van der Waals surface area contributed by atoms with Crippen LogP contribution >= 0.6 is 0 Å². The molecule has 0 N–H and O–H groups in total. The molecule has 2 aromatic rings. The van der Waals surface area contributed by atoms with Crippen LogP contribution in [-0.4, -0.2) is 48.0 Å². The van der Waals surface area contributed by atoms with Crippen LogP contribution in [0.25, 0.3) is 0 Å². The molecular weight excluding hydrogens is 342 g/mol. The summed E-state index contributed by atoms with van der Waals surface area (Å²) in [6, 6.07) is 11.6. The van der Waals surface area contributed by atoms with Crippen LogP contribution in [0.4, 0.5) is 13.6 Å². The van der Waals surface area contributed by atoms with Gasteiger partial charge in [-0.25, -0.2) is 13.6 Å². The second-order valence-electron chi connectivity index (χ2n) is 5.94. The maximum Gasteiger partial charge on any atom is 0.415 e. The second kappa shape index (κ2) is 7.95. The Morgan fingerprint density at radius 2 is 1.58 bits per heavy atom. The Morgan fingerprint density at radius 1 is 0.885 bits per heavy atom. The number of hydrogen-bond donors (Lipinski definition) is 0. The highest BCUT2D eigenvalue weighted by atomic mass is 19.1. The lowest BCUT2D eigenvalue weighted by Gasteiger charge is -2.22. The van der Waals surface area contributed by atoms with Gasteiger partial charge < -0.3 is 14.5 Å². The number of hydrogen-bond acceptors (Lipinski definition) is 3. The van der Waals surface area contributed by atoms with E-state index in [2.05, 4.69) is 0 Å². The number of benzene rings is 2. The van der Waals surface area contributed by atoms with Crippen molar-refractivity contribution in [2.45, 2.75) is 6.42 Å². The van der Waals surface area contributed by atoms with E-state index in [1.165, 1.54) is 9.80 Å². The Kier molecular flexibility index (Phi) is 5.46. The molecule has 0 unspecified atom stereocenters. The first kappa shape index (κ1) is 17.8.